The lowest BCUT2D eigenvalue weighted by Gasteiger charge is -2.25. The van der Waals surface area contributed by atoms with Gasteiger partial charge in [0.2, 0.25) is 5.91 Å². The van der Waals surface area contributed by atoms with Gasteiger partial charge in [-0.1, -0.05) is 62.4 Å². The maximum atomic E-state index is 12.3. The Morgan fingerprint density at radius 3 is 2.11 bits per heavy atom. The molecule has 2 unspecified atom stereocenters. The SMILES string of the molecule is CC(O)C(NC(=O)CCC(C)(C)CCNC(=O)OCC1c2ccccc2-c2ccccc21)C(=O)O. The molecule has 2 atom stereocenters. The summed E-state index contributed by atoms with van der Waals surface area (Å²) in [6.45, 7) is 5.90. The molecule has 8 nitrogen and oxygen atoms in total. The van der Waals surface area contributed by atoms with E-state index in [0.717, 1.165) is 11.1 Å². The second-order valence-corrected chi connectivity index (χ2v) is 9.79. The van der Waals surface area contributed by atoms with Crippen molar-refractivity contribution in [1.82, 2.24) is 10.6 Å². The fourth-order valence-corrected chi connectivity index (χ4v) is 4.36. The summed E-state index contributed by atoms with van der Waals surface area (Å²) in [5, 5.41) is 23.7. The predicted molar refractivity (Wildman–Crippen MR) is 132 cm³/mol. The molecule has 0 aliphatic heterocycles. The van der Waals surface area contributed by atoms with Crippen LogP contribution in [0.1, 0.15) is 57.1 Å². The number of carbonyl (C=O) groups is 3. The van der Waals surface area contributed by atoms with Crippen LogP contribution >= 0.6 is 0 Å². The number of aliphatic carboxylic acids is 1. The Labute approximate surface area is 205 Å². The van der Waals surface area contributed by atoms with Crippen LogP contribution in [0.25, 0.3) is 11.1 Å². The lowest BCUT2D eigenvalue weighted by atomic mass is 9.84. The monoisotopic (exact) mass is 482 g/mol. The van der Waals surface area contributed by atoms with Gasteiger partial charge in [-0.2, -0.15) is 0 Å². The summed E-state index contributed by atoms with van der Waals surface area (Å²) in [4.78, 5) is 35.6. The Morgan fingerprint density at radius 1 is 1.00 bits per heavy atom. The molecule has 0 spiro atoms. The van der Waals surface area contributed by atoms with Gasteiger partial charge in [0, 0.05) is 18.9 Å². The van der Waals surface area contributed by atoms with Crippen LogP contribution in [0.2, 0.25) is 0 Å². The number of ether oxygens (including phenoxy) is 1. The molecule has 0 bridgehead atoms. The van der Waals surface area contributed by atoms with Crippen molar-refractivity contribution >= 4 is 18.0 Å². The van der Waals surface area contributed by atoms with E-state index in [2.05, 4.69) is 34.9 Å². The predicted octanol–water partition coefficient (Wildman–Crippen LogP) is 3.67. The smallest absolute Gasteiger partial charge is 0.407 e. The molecule has 1 aliphatic carbocycles. The molecule has 2 amide bonds. The zero-order chi connectivity index (χ0) is 25.6. The highest BCUT2D eigenvalue weighted by atomic mass is 16.5. The average Bonchev–Trinajstić information content (AvgIpc) is 3.13. The number of carboxylic acids is 1. The summed E-state index contributed by atoms with van der Waals surface area (Å²) in [5.74, 6) is -1.71. The van der Waals surface area contributed by atoms with Crippen molar-refractivity contribution in [3.63, 3.8) is 0 Å². The minimum Gasteiger partial charge on any atom is -0.480 e. The zero-order valence-corrected chi connectivity index (χ0v) is 20.4. The molecule has 35 heavy (non-hydrogen) atoms. The van der Waals surface area contributed by atoms with Gasteiger partial charge in [-0.25, -0.2) is 9.59 Å². The number of hydrogen-bond donors (Lipinski definition) is 4. The molecule has 0 heterocycles. The molecule has 8 heteroatoms. The van der Waals surface area contributed by atoms with Gasteiger partial charge >= 0.3 is 12.1 Å². The molecule has 0 radical (unpaired) electrons. The number of alkyl carbamates (subject to hydrolysis) is 1. The minimum absolute atomic E-state index is 0.000583. The molecule has 0 saturated carbocycles. The molecule has 2 aromatic carbocycles. The first kappa shape index (κ1) is 26.2. The fraction of sp³-hybridized carbons (Fsp3) is 0.444. The molecule has 4 N–H and O–H groups in total. The second kappa shape index (κ2) is 11.4. The summed E-state index contributed by atoms with van der Waals surface area (Å²) in [6.07, 6.45) is -0.442. The van der Waals surface area contributed by atoms with Gasteiger partial charge in [0.15, 0.2) is 6.04 Å². The number of aliphatic hydroxyl groups excluding tert-OH is 1. The molecule has 1 aliphatic rings. The van der Waals surface area contributed by atoms with Crippen molar-refractivity contribution in [2.24, 2.45) is 5.41 Å². The molecule has 3 rings (SSSR count). The molecule has 0 saturated heterocycles. The highest BCUT2D eigenvalue weighted by molar-refractivity contribution is 5.84. The van der Waals surface area contributed by atoms with Crippen molar-refractivity contribution in [3.8, 4) is 11.1 Å². The van der Waals surface area contributed by atoms with Gasteiger partial charge in [0.1, 0.15) is 6.61 Å². The third-order valence-corrected chi connectivity index (χ3v) is 6.51. The molecule has 0 aromatic heterocycles. The van der Waals surface area contributed by atoms with E-state index < -0.39 is 30.1 Å². The Kier molecular flexibility index (Phi) is 8.51. The summed E-state index contributed by atoms with van der Waals surface area (Å²) < 4.78 is 5.55. The quantitative estimate of drug-likeness (QED) is 0.387. The average molecular weight is 483 g/mol. The van der Waals surface area contributed by atoms with E-state index in [9.17, 15) is 19.5 Å². The number of fused-ring (bicyclic) bond motifs is 3. The Balaban J connectivity index is 1.42. The van der Waals surface area contributed by atoms with Gasteiger partial charge in [-0.3, -0.25) is 4.79 Å². The Morgan fingerprint density at radius 2 is 1.57 bits per heavy atom. The maximum absolute atomic E-state index is 12.3. The number of carboxylic acid groups (broad SMARTS) is 1. The van der Waals surface area contributed by atoms with Crippen molar-refractivity contribution in [2.75, 3.05) is 13.2 Å². The third-order valence-electron chi connectivity index (χ3n) is 6.51. The number of hydrogen-bond acceptors (Lipinski definition) is 5. The van der Waals surface area contributed by atoms with E-state index in [1.807, 2.05) is 38.1 Å². The molecule has 0 fully saturated rings. The van der Waals surface area contributed by atoms with Crippen LogP contribution in [-0.4, -0.2) is 53.5 Å². The fourth-order valence-electron chi connectivity index (χ4n) is 4.36. The standard InChI is InChI=1S/C27H34N2O6/c1-17(30)24(25(32)33)29-23(31)12-13-27(2,3)14-15-28-26(34)35-16-22-20-10-6-4-8-18(20)19-9-5-7-11-21(19)22/h4-11,17,22,24,30H,12-16H2,1-3H3,(H,28,34)(H,29,31)(H,32,33). The molecule has 188 valence electrons. The summed E-state index contributed by atoms with van der Waals surface area (Å²) in [6, 6.07) is 15.0. The first-order chi connectivity index (χ1) is 16.6. The van der Waals surface area contributed by atoms with E-state index in [0.29, 0.717) is 19.4 Å². The van der Waals surface area contributed by atoms with Gasteiger partial charge < -0.3 is 25.6 Å². The Hall–Kier alpha value is -3.39. The second-order valence-electron chi connectivity index (χ2n) is 9.79. The number of aliphatic hydroxyl groups is 1. The van der Waals surface area contributed by atoms with E-state index in [1.165, 1.54) is 18.1 Å². The molecular formula is C27H34N2O6. The lowest BCUT2D eigenvalue weighted by Crippen LogP contribution is -2.47. The van der Waals surface area contributed by atoms with Crippen molar-refractivity contribution in [3.05, 3.63) is 59.7 Å². The highest BCUT2D eigenvalue weighted by Crippen LogP contribution is 2.44. The molecule has 2 aromatic rings. The van der Waals surface area contributed by atoms with Crippen LogP contribution in [-0.2, 0) is 14.3 Å². The largest absolute Gasteiger partial charge is 0.480 e. The van der Waals surface area contributed by atoms with Crippen LogP contribution in [0.15, 0.2) is 48.5 Å². The van der Waals surface area contributed by atoms with E-state index in [4.69, 9.17) is 9.84 Å². The number of carbonyl (C=O) groups excluding carboxylic acids is 2. The van der Waals surface area contributed by atoms with E-state index in [1.54, 1.807) is 0 Å². The number of amides is 2. The topological polar surface area (TPSA) is 125 Å². The van der Waals surface area contributed by atoms with Crippen molar-refractivity contribution in [1.29, 1.82) is 0 Å². The lowest BCUT2D eigenvalue weighted by molar-refractivity contribution is -0.144. The summed E-state index contributed by atoms with van der Waals surface area (Å²) in [7, 11) is 0. The number of benzene rings is 2. The van der Waals surface area contributed by atoms with Crippen LogP contribution in [0.3, 0.4) is 0 Å². The Bertz CT molecular complexity index is 1020. The highest BCUT2D eigenvalue weighted by Gasteiger charge is 2.29. The van der Waals surface area contributed by atoms with Crippen LogP contribution < -0.4 is 10.6 Å². The summed E-state index contributed by atoms with van der Waals surface area (Å²) >= 11 is 0. The van der Waals surface area contributed by atoms with Crippen molar-refractivity contribution in [2.45, 2.75) is 58.1 Å². The van der Waals surface area contributed by atoms with E-state index >= 15 is 0 Å². The van der Waals surface area contributed by atoms with Gasteiger partial charge in [0.25, 0.3) is 0 Å². The first-order valence-electron chi connectivity index (χ1n) is 11.9. The number of nitrogens with one attached hydrogen (secondary N) is 2. The summed E-state index contributed by atoms with van der Waals surface area (Å²) in [5.41, 5.74) is 4.39. The van der Waals surface area contributed by atoms with Crippen LogP contribution in [0.5, 0.6) is 0 Å². The normalized spacial score (nSPS) is 14.4. The number of rotatable bonds is 11. The van der Waals surface area contributed by atoms with Gasteiger partial charge in [-0.05, 0) is 47.4 Å². The van der Waals surface area contributed by atoms with Crippen molar-refractivity contribution < 1.29 is 29.3 Å². The van der Waals surface area contributed by atoms with E-state index in [-0.39, 0.29) is 24.4 Å². The third kappa shape index (κ3) is 6.82. The first-order valence-corrected chi connectivity index (χ1v) is 11.9. The molecular weight excluding hydrogens is 448 g/mol. The zero-order valence-electron chi connectivity index (χ0n) is 20.4. The van der Waals surface area contributed by atoms with Gasteiger partial charge in [0.05, 0.1) is 6.10 Å². The van der Waals surface area contributed by atoms with Crippen LogP contribution in [0, 0.1) is 5.41 Å². The van der Waals surface area contributed by atoms with Gasteiger partial charge in [-0.15, -0.1) is 0 Å². The maximum Gasteiger partial charge on any atom is 0.407 e. The minimum atomic E-state index is -1.33. The van der Waals surface area contributed by atoms with Crippen LogP contribution in [0.4, 0.5) is 4.79 Å².